The minimum absolute atomic E-state index is 0.0662. The van der Waals surface area contributed by atoms with E-state index < -0.39 is 0 Å². The second-order valence-electron chi connectivity index (χ2n) is 12.4. The summed E-state index contributed by atoms with van der Waals surface area (Å²) in [5, 5.41) is 4.23. The molecule has 0 saturated heterocycles. The molecule has 7 rings (SSSR count). The third kappa shape index (κ3) is 3.34. The highest BCUT2D eigenvalue weighted by Gasteiger charge is 2.42. The van der Waals surface area contributed by atoms with Crippen molar-refractivity contribution >= 4 is 49.0 Å². The van der Waals surface area contributed by atoms with Crippen molar-refractivity contribution in [3.05, 3.63) is 69.6 Å². The van der Waals surface area contributed by atoms with Crippen LogP contribution >= 0.6 is 11.3 Å². The molecule has 3 aromatic carbocycles. The molecule has 2 aliphatic rings. The van der Waals surface area contributed by atoms with Gasteiger partial charge in [-0.05, 0) is 58.7 Å². The molecule has 5 heteroatoms. The van der Waals surface area contributed by atoms with Gasteiger partial charge < -0.3 is 9.32 Å². The number of aryl methyl sites for hydroxylation is 1. The predicted molar refractivity (Wildman–Crippen MR) is 160 cm³/mol. The van der Waals surface area contributed by atoms with Gasteiger partial charge in [0.25, 0.3) is 0 Å². The van der Waals surface area contributed by atoms with Crippen LogP contribution in [0.5, 0.6) is 0 Å². The largest absolute Gasteiger partial charge is 0.422 e. The second kappa shape index (κ2) is 8.16. The quantitative estimate of drug-likeness (QED) is 0.223. The van der Waals surface area contributed by atoms with Crippen LogP contribution in [0.15, 0.2) is 51.7 Å². The summed E-state index contributed by atoms with van der Waals surface area (Å²) in [5.41, 5.74) is 7.14. The zero-order chi connectivity index (χ0) is 26.4. The number of thiazole rings is 1. The van der Waals surface area contributed by atoms with Crippen molar-refractivity contribution in [3.63, 3.8) is 0 Å². The normalized spacial score (nSPS) is 17.9. The summed E-state index contributed by atoms with van der Waals surface area (Å²) >= 11 is 1.61. The highest BCUT2D eigenvalue weighted by atomic mass is 32.1. The molecule has 2 aliphatic heterocycles. The lowest BCUT2D eigenvalue weighted by atomic mass is 9.69. The van der Waals surface area contributed by atoms with Gasteiger partial charge in [-0.15, -0.1) is 11.3 Å². The molecule has 0 saturated carbocycles. The van der Waals surface area contributed by atoms with Crippen molar-refractivity contribution in [1.29, 1.82) is 0 Å². The van der Waals surface area contributed by atoms with Crippen molar-refractivity contribution in [2.45, 2.75) is 71.1 Å². The first-order valence-electron chi connectivity index (χ1n) is 13.9. The summed E-state index contributed by atoms with van der Waals surface area (Å²) in [5.74, 6) is 0. The molecule has 194 valence electrons. The summed E-state index contributed by atoms with van der Waals surface area (Å²) in [7, 11) is 0. The minimum Gasteiger partial charge on any atom is -0.422 e. The Morgan fingerprint density at radius 1 is 1.00 bits per heavy atom. The van der Waals surface area contributed by atoms with Gasteiger partial charge in [0.1, 0.15) is 10.6 Å². The molecule has 0 aliphatic carbocycles. The van der Waals surface area contributed by atoms with Crippen LogP contribution in [-0.2, 0) is 17.3 Å². The van der Waals surface area contributed by atoms with Crippen molar-refractivity contribution in [2.75, 3.05) is 18.0 Å². The number of aromatic nitrogens is 1. The van der Waals surface area contributed by atoms with E-state index in [9.17, 15) is 4.79 Å². The summed E-state index contributed by atoms with van der Waals surface area (Å²) < 4.78 is 7.50. The Labute approximate surface area is 227 Å². The van der Waals surface area contributed by atoms with Crippen LogP contribution in [-0.4, -0.2) is 18.1 Å². The van der Waals surface area contributed by atoms with Gasteiger partial charge in [-0.2, -0.15) is 0 Å². The van der Waals surface area contributed by atoms with Crippen LogP contribution in [0.25, 0.3) is 42.5 Å². The number of nitrogens with zero attached hydrogens (tertiary/aromatic N) is 2. The number of anilines is 1. The van der Waals surface area contributed by atoms with Gasteiger partial charge in [0.05, 0.1) is 15.8 Å². The summed E-state index contributed by atoms with van der Waals surface area (Å²) in [4.78, 5) is 21.5. The van der Waals surface area contributed by atoms with E-state index in [-0.39, 0.29) is 16.5 Å². The lowest BCUT2D eigenvalue weighted by molar-refractivity contribution is 0.398. The van der Waals surface area contributed by atoms with E-state index in [1.54, 1.807) is 11.3 Å². The van der Waals surface area contributed by atoms with Crippen LogP contribution < -0.4 is 10.5 Å². The first-order valence-corrected chi connectivity index (χ1v) is 14.7. The first-order chi connectivity index (χ1) is 18.2. The van der Waals surface area contributed by atoms with Gasteiger partial charge in [-0.25, -0.2) is 9.78 Å². The lowest BCUT2D eigenvalue weighted by Gasteiger charge is -2.48. The fourth-order valence-electron chi connectivity index (χ4n) is 6.77. The third-order valence-electron chi connectivity index (χ3n) is 9.01. The van der Waals surface area contributed by atoms with Gasteiger partial charge in [0, 0.05) is 35.1 Å². The molecule has 0 N–H and O–H groups in total. The van der Waals surface area contributed by atoms with E-state index >= 15 is 0 Å². The smallest absolute Gasteiger partial charge is 0.346 e. The molecule has 4 heterocycles. The van der Waals surface area contributed by atoms with Gasteiger partial charge in [0.15, 0.2) is 0 Å². The molecule has 0 fully saturated rings. The van der Waals surface area contributed by atoms with Gasteiger partial charge in [-0.3, -0.25) is 0 Å². The molecule has 0 unspecified atom stereocenters. The fraction of sp³-hybridized carbons (Fsp3) is 0.394. The Hall–Kier alpha value is -3.18. The second-order valence-corrected chi connectivity index (χ2v) is 13.4. The Bertz CT molecular complexity index is 1820. The van der Waals surface area contributed by atoms with E-state index in [1.165, 1.54) is 27.6 Å². The number of hydrogen-bond donors (Lipinski definition) is 0. The maximum Gasteiger partial charge on any atom is 0.346 e. The highest BCUT2D eigenvalue weighted by molar-refractivity contribution is 7.22. The maximum atomic E-state index is 13.9. The third-order valence-corrected chi connectivity index (χ3v) is 10.1. The molecule has 0 bridgehead atoms. The minimum atomic E-state index is -0.261. The lowest BCUT2D eigenvalue weighted by Crippen LogP contribution is -2.44. The van der Waals surface area contributed by atoms with E-state index in [1.807, 2.05) is 0 Å². The van der Waals surface area contributed by atoms with Crippen LogP contribution in [0.3, 0.4) is 0 Å². The number of rotatable bonds is 3. The molecule has 38 heavy (non-hydrogen) atoms. The number of fused-ring (bicyclic) bond motifs is 5. The van der Waals surface area contributed by atoms with Gasteiger partial charge >= 0.3 is 5.63 Å². The number of hydrogen-bond acceptors (Lipinski definition) is 5. The molecular formula is C33H34N2O2S. The van der Waals surface area contributed by atoms with Crippen molar-refractivity contribution in [3.8, 4) is 10.6 Å². The fourth-order valence-corrected chi connectivity index (χ4v) is 7.93. The molecule has 0 spiro atoms. The van der Waals surface area contributed by atoms with Gasteiger partial charge in [-0.1, -0.05) is 71.4 Å². The van der Waals surface area contributed by atoms with Crippen molar-refractivity contribution < 1.29 is 4.42 Å². The van der Waals surface area contributed by atoms with Crippen LogP contribution in [0.1, 0.15) is 70.6 Å². The SMILES string of the molecule is CCCc1c(-c2nc3ccc4ccccc4c3s2)c(=O)oc2c3c4c(cc12)C(C)(C)CCN4CCC3(C)C. The van der Waals surface area contributed by atoms with E-state index in [4.69, 9.17) is 9.40 Å². The highest BCUT2D eigenvalue weighted by Crippen LogP contribution is 2.52. The molecular weight excluding hydrogens is 488 g/mol. The Morgan fingerprint density at radius 3 is 2.55 bits per heavy atom. The van der Waals surface area contributed by atoms with E-state index in [2.05, 4.69) is 82.0 Å². The summed E-state index contributed by atoms with van der Waals surface area (Å²) in [6, 6.07) is 14.9. The molecule has 5 aromatic rings. The van der Waals surface area contributed by atoms with Crippen molar-refractivity contribution in [2.24, 2.45) is 0 Å². The topological polar surface area (TPSA) is 46.3 Å². The van der Waals surface area contributed by atoms with Gasteiger partial charge in [0.2, 0.25) is 0 Å². The predicted octanol–water partition coefficient (Wildman–Crippen LogP) is 8.34. The molecule has 0 atom stereocenters. The Balaban J connectivity index is 1.59. The molecule has 4 nitrogen and oxygen atoms in total. The summed E-state index contributed by atoms with van der Waals surface area (Å²) in [6.07, 6.45) is 3.95. The molecule has 2 aromatic heterocycles. The number of benzene rings is 3. The van der Waals surface area contributed by atoms with E-state index in [0.29, 0.717) is 5.56 Å². The molecule has 0 radical (unpaired) electrons. The molecule has 0 amide bonds. The Kier molecular flexibility index (Phi) is 5.13. The van der Waals surface area contributed by atoms with Crippen LogP contribution in [0.4, 0.5) is 5.69 Å². The Morgan fingerprint density at radius 2 is 1.76 bits per heavy atom. The zero-order valence-electron chi connectivity index (χ0n) is 22.9. The average molecular weight is 523 g/mol. The monoisotopic (exact) mass is 522 g/mol. The van der Waals surface area contributed by atoms with Crippen molar-refractivity contribution in [1.82, 2.24) is 4.98 Å². The average Bonchev–Trinajstić information content (AvgIpc) is 3.31. The first kappa shape index (κ1) is 23.9. The summed E-state index contributed by atoms with van der Waals surface area (Å²) in [6.45, 7) is 13.7. The zero-order valence-corrected chi connectivity index (χ0v) is 23.7. The standard InChI is InChI=1S/C33H34N2O2S/c1-6-9-21-22-18-23-27-26(33(4,5)15-17-35(27)16-14-32(23,2)3)28(22)37-31(36)25(21)30-34-24-13-12-19-10-7-8-11-20(19)29(24)38-30/h7-8,10-13,18H,6,9,14-17H2,1-5H3. The van der Waals surface area contributed by atoms with Crippen LogP contribution in [0.2, 0.25) is 0 Å². The van der Waals surface area contributed by atoms with E-state index in [0.717, 1.165) is 70.5 Å². The maximum absolute atomic E-state index is 13.9. The van der Waals surface area contributed by atoms with Crippen LogP contribution in [0, 0.1) is 0 Å².